The Morgan fingerprint density at radius 1 is 0.548 bits per heavy atom. The van der Waals surface area contributed by atoms with Gasteiger partial charge in [-0.05, 0) is 103 Å². The zero-order valence-electron chi connectivity index (χ0n) is 60.1. The molecule has 314 valence electrons. The molecule has 0 atom stereocenters. The van der Waals surface area contributed by atoms with E-state index in [1.54, 1.807) is 63.4 Å². The first-order valence-corrected chi connectivity index (χ1v) is 19.9. The van der Waals surface area contributed by atoms with Gasteiger partial charge < -0.3 is 5.11 Å². The summed E-state index contributed by atoms with van der Waals surface area (Å²) in [4.78, 5) is 9.63. The fourth-order valence-electron chi connectivity index (χ4n) is 7.45. The lowest BCUT2D eigenvalue weighted by Gasteiger charge is -2.28. The Bertz CT molecular complexity index is 3840. The minimum absolute atomic E-state index is 0.0804. The number of aromatic hydroxyl groups is 1. The van der Waals surface area contributed by atoms with E-state index in [9.17, 15) is 10.6 Å². The first kappa shape index (κ1) is 21.7. The monoisotopic (exact) mass is 841 g/mol. The number of fused-ring (bicyclic) bond motifs is 1. The number of phenols is 1. The molecule has 0 saturated heterocycles. The molecular weight excluding hydrogens is 755 g/mol. The van der Waals surface area contributed by atoms with Crippen molar-refractivity contribution in [3.63, 3.8) is 0 Å². The van der Waals surface area contributed by atoms with E-state index in [0.29, 0.717) is 22.4 Å². The van der Waals surface area contributed by atoms with Crippen LogP contribution in [0.1, 0.15) is 139 Å². The lowest BCUT2D eigenvalue weighted by Crippen LogP contribution is -2.17. The van der Waals surface area contributed by atoms with Gasteiger partial charge in [-0.25, -0.2) is 4.98 Å². The maximum absolute atomic E-state index is 13.2. The smallest absolute Gasteiger partial charge is 0.149 e. The molecule has 0 radical (unpaired) electrons. The van der Waals surface area contributed by atoms with Crippen molar-refractivity contribution < 1.29 is 39.4 Å². The molecule has 2 aromatic heterocycles. The summed E-state index contributed by atoms with van der Waals surface area (Å²) in [6.07, 6.45) is 1.63. The van der Waals surface area contributed by atoms with E-state index in [-0.39, 0.29) is 33.3 Å². The van der Waals surface area contributed by atoms with Gasteiger partial charge in [0.1, 0.15) is 11.6 Å². The Kier molecular flexibility index (Phi) is 5.45. The van der Waals surface area contributed by atoms with Crippen LogP contribution in [-0.4, -0.2) is 19.6 Å². The standard InChI is InChI=1S/C58H61N3O/c1-55(2,3)42-26-24-37(25-27-42)39-30-31-59-49(33-39)41-21-16-20-40(32-41)45-22-17-23-51-52(45)60-54(47-35-44(57(7,8)9)36-48(53(47)62)58(10,11)12)61(51)50-29-28-43(56(4,5)6)34-46(50)38-18-14-13-15-19-38/h13-36,62H,1-12H3/i7D3,8D3,9D3,10D3,11D3,12D3,13D,14D,15D,18D,19D,35D,36D. The van der Waals surface area contributed by atoms with Crippen LogP contribution >= 0.6 is 0 Å². The molecule has 0 unspecified atom stereocenters. The zero-order valence-corrected chi connectivity index (χ0v) is 35.1. The van der Waals surface area contributed by atoms with Gasteiger partial charge in [0, 0.05) is 53.1 Å². The van der Waals surface area contributed by atoms with Crippen LogP contribution < -0.4 is 0 Å². The average Bonchev–Trinajstić information content (AvgIpc) is 1.06. The van der Waals surface area contributed by atoms with Gasteiger partial charge in [-0.15, -0.1) is 0 Å². The summed E-state index contributed by atoms with van der Waals surface area (Å²) in [6, 6.07) is 20.2. The van der Waals surface area contributed by atoms with Crippen LogP contribution in [-0.2, 0) is 21.7 Å². The number of para-hydroxylation sites is 1. The van der Waals surface area contributed by atoms with Gasteiger partial charge in [0.15, 0.2) is 0 Å². The highest BCUT2D eigenvalue weighted by atomic mass is 16.3. The number of nitrogens with zero attached hydrogens (tertiary/aromatic N) is 3. The van der Waals surface area contributed by atoms with Crippen molar-refractivity contribution in [2.75, 3.05) is 0 Å². The third-order valence-corrected chi connectivity index (χ3v) is 10.8. The first-order valence-electron chi connectivity index (χ1n) is 32.4. The Morgan fingerprint density at radius 2 is 1.23 bits per heavy atom. The van der Waals surface area contributed by atoms with Crippen molar-refractivity contribution >= 4 is 11.0 Å². The third kappa shape index (κ3) is 8.23. The molecule has 4 heteroatoms. The maximum atomic E-state index is 13.2. The Balaban J connectivity index is 1.64. The molecule has 0 aliphatic rings. The van der Waals surface area contributed by atoms with Gasteiger partial charge in [-0.3, -0.25) is 9.55 Å². The van der Waals surface area contributed by atoms with Crippen molar-refractivity contribution in [1.29, 1.82) is 0 Å². The van der Waals surface area contributed by atoms with E-state index in [2.05, 4.69) is 25.8 Å². The molecule has 0 amide bonds. The predicted octanol–water partition coefficient (Wildman–Crippen LogP) is 15.7. The van der Waals surface area contributed by atoms with Gasteiger partial charge in [0.2, 0.25) is 0 Å². The molecule has 1 N–H and O–H groups in total. The van der Waals surface area contributed by atoms with Crippen LogP contribution in [0.2, 0.25) is 0 Å². The summed E-state index contributed by atoms with van der Waals surface area (Å²) in [5.74, 6) is -2.74. The van der Waals surface area contributed by atoms with E-state index in [1.165, 1.54) is 24.3 Å². The summed E-state index contributed by atoms with van der Waals surface area (Å²) in [5.41, 5.74) is -11.2. The molecule has 4 nitrogen and oxygen atoms in total. The highest BCUT2D eigenvalue weighted by Gasteiger charge is 2.30. The number of imidazole rings is 1. The first-order chi connectivity index (χ1) is 39.6. The van der Waals surface area contributed by atoms with Gasteiger partial charge >= 0.3 is 0 Å². The highest BCUT2D eigenvalue weighted by molar-refractivity contribution is 5.97. The van der Waals surface area contributed by atoms with Crippen LogP contribution in [0.15, 0.2) is 146 Å². The van der Waals surface area contributed by atoms with Crippen molar-refractivity contribution in [3.8, 4) is 67.5 Å². The lowest BCUT2D eigenvalue weighted by atomic mass is 9.79. The molecule has 0 bridgehead atoms. The van der Waals surface area contributed by atoms with E-state index >= 15 is 0 Å². The summed E-state index contributed by atoms with van der Waals surface area (Å²) < 4.78 is 223. The fraction of sp³-hybridized carbons (Fsp3) is 0.276. The topological polar surface area (TPSA) is 50.9 Å². The van der Waals surface area contributed by atoms with Gasteiger partial charge in [-0.2, -0.15) is 0 Å². The molecule has 0 aliphatic carbocycles. The van der Waals surface area contributed by atoms with E-state index < -0.39 is 133 Å². The summed E-state index contributed by atoms with van der Waals surface area (Å²) in [6.45, 7) is -14.7. The normalized spacial score (nSPS) is 19.7. The molecule has 8 aromatic rings. The number of benzene rings is 6. The minimum atomic E-state index is -4.54. The SMILES string of the molecule is [2H]c1c([2H])c([2H])c(-c2cc(C(C)(C)C)ccc2-n2c(-c3c([2H])c(C(C([2H])([2H])[2H])(C([2H])([2H])[2H])C([2H])([2H])[2H])c([2H])c(C(C([2H])([2H])[2H])(C([2H])([2H])[2H])C([2H])([2H])[2H])c3O)nc3c(-c4cccc(-c5cc(-c6ccc(C(C)(C)C)cc6)ccn5)c4)cccc32)c([2H])c1[2H]. The Hall–Kier alpha value is -6.26. The van der Waals surface area contributed by atoms with Crippen LogP contribution in [0.25, 0.3) is 72.7 Å². The van der Waals surface area contributed by atoms with Crippen LogP contribution in [0.4, 0.5) is 0 Å². The van der Waals surface area contributed by atoms with Crippen LogP contribution in [0, 0.1) is 0 Å². The second-order valence-electron chi connectivity index (χ2n) is 17.5. The van der Waals surface area contributed by atoms with Crippen molar-refractivity contribution in [3.05, 3.63) is 168 Å². The van der Waals surface area contributed by atoms with Crippen molar-refractivity contribution in [2.24, 2.45) is 0 Å². The van der Waals surface area contributed by atoms with E-state index in [1.807, 2.05) is 36.4 Å². The van der Waals surface area contributed by atoms with E-state index in [0.717, 1.165) is 21.3 Å². The second kappa shape index (κ2) is 15.6. The summed E-state index contributed by atoms with van der Waals surface area (Å²) >= 11 is 0. The largest absolute Gasteiger partial charge is 0.507 e. The fourth-order valence-corrected chi connectivity index (χ4v) is 7.45. The molecule has 6 aromatic carbocycles. The summed E-state index contributed by atoms with van der Waals surface area (Å²) in [5, 5.41) is 13.2. The number of rotatable bonds is 6. The average molecular weight is 841 g/mol. The number of pyridine rings is 1. The molecule has 8 rings (SSSR count). The maximum Gasteiger partial charge on any atom is 0.149 e. The number of hydrogen-bond acceptors (Lipinski definition) is 3. The van der Waals surface area contributed by atoms with Gasteiger partial charge in [0.05, 0.1) is 37.6 Å². The molecular formula is C58H61N3O. The van der Waals surface area contributed by atoms with Gasteiger partial charge in [-0.1, -0.05) is 180 Å². The molecule has 0 fully saturated rings. The Labute approximate surface area is 404 Å². The molecule has 0 saturated carbocycles. The van der Waals surface area contributed by atoms with E-state index in [4.69, 9.17) is 33.8 Å². The third-order valence-electron chi connectivity index (χ3n) is 10.8. The quantitative estimate of drug-likeness (QED) is 0.181. The molecule has 0 aliphatic heterocycles. The van der Waals surface area contributed by atoms with Crippen molar-refractivity contribution in [2.45, 2.75) is 104 Å². The molecule has 0 spiro atoms. The molecule has 62 heavy (non-hydrogen) atoms. The van der Waals surface area contributed by atoms with Gasteiger partial charge in [0.25, 0.3) is 0 Å². The highest BCUT2D eigenvalue weighted by Crippen LogP contribution is 2.46. The second-order valence-corrected chi connectivity index (χ2v) is 17.5. The minimum Gasteiger partial charge on any atom is -0.507 e. The lowest BCUT2D eigenvalue weighted by molar-refractivity contribution is 0.446. The van der Waals surface area contributed by atoms with Crippen LogP contribution in [0.5, 0.6) is 5.75 Å². The number of phenolic OH excluding ortho intramolecular Hbond substituents is 1. The number of hydrogen-bond donors (Lipinski definition) is 1. The zero-order chi connectivity index (χ0) is 65.4. The Morgan fingerprint density at radius 3 is 1.92 bits per heavy atom. The predicted molar refractivity (Wildman–Crippen MR) is 263 cm³/mol. The molecule has 2 heterocycles. The van der Waals surface area contributed by atoms with Crippen molar-refractivity contribution in [1.82, 2.24) is 14.5 Å². The van der Waals surface area contributed by atoms with Crippen LogP contribution in [0.3, 0.4) is 0 Å². The summed E-state index contributed by atoms with van der Waals surface area (Å²) in [7, 11) is 0. The number of aromatic nitrogens is 3.